The van der Waals surface area contributed by atoms with Crippen LogP contribution in [0.2, 0.25) is 5.02 Å². The maximum atomic E-state index is 13.9. The molecule has 392 valence electrons. The molecule has 2 aromatic heterocycles. The lowest BCUT2D eigenvalue weighted by Gasteiger charge is -2.35. The first-order chi connectivity index (χ1) is 34.7. The SMILES string of the molecule is Cc1ncsc1-c1ccc(CNC(=O)[C@H]2C[C@H](O)CN2C(=O)[C@H](NC(=O)COCCCOCCCCOCCCOc2ccc(Nc3ncc(Cl)c(NCCN(C)C(=O)C4CCC4)n3)cc2)C(C)(C)C)cc1. The summed E-state index contributed by atoms with van der Waals surface area (Å²) in [5, 5.41) is 23.1. The van der Waals surface area contributed by atoms with Crippen LogP contribution in [0.4, 0.5) is 17.5 Å². The molecule has 4 amide bonds. The molecule has 0 bridgehead atoms. The summed E-state index contributed by atoms with van der Waals surface area (Å²) in [6, 6.07) is 13.6. The quantitative estimate of drug-likeness (QED) is 0.0355. The Balaban J connectivity index is 0.767. The molecule has 2 aliphatic rings. The minimum atomic E-state index is -0.942. The summed E-state index contributed by atoms with van der Waals surface area (Å²) < 4.78 is 23.0. The summed E-state index contributed by atoms with van der Waals surface area (Å²) in [4.78, 5) is 70.1. The van der Waals surface area contributed by atoms with Crippen LogP contribution < -0.4 is 26.0 Å². The lowest BCUT2D eigenvalue weighted by atomic mass is 9.84. The normalized spacial score (nSPS) is 16.2. The molecule has 1 aliphatic carbocycles. The largest absolute Gasteiger partial charge is 0.494 e. The van der Waals surface area contributed by atoms with E-state index in [0.29, 0.717) is 75.9 Å². The van der Waals surface area contributed by atoms with E-state index in [9.17, 15) is 24.3 Å². The molecule has 4 aromatic rings. The topological polar surface area (TPSA) is 219 Å². The number of benzene rings is 2. The second kappa shape index (κ2) is 28.1. The maximum Gasteiger partial charge on any atom is 0.246 e. The van der Waals surface area contributed by atoms with Crippen LogP contribution in [0.3, 0.4) is 0 Å². The Labute approximate surface area is 432 Å². The zero-order valence-corrected chi connectivity index (χ0v) is 43.8. The fourth-order valence-electron chi connectivity index (χ4n) is 8.11. The van der Waals surface area contributed by atoms with Crippen molar-refractivity contribution in [3.05, 3.63) is 76.5 Å². The number of thiazole rings is 1. The number of aliphatic hydroxyl groups excluding tert-OH is 1. The van der Waals surface area contributed by atoms with Gasteiger partial charge in [-0.3, -0.25) is 19.2 Å². The van der Waals surface area contributed by atoms with Crippen LogP contribution in [0.5, 0.6) is 5.75 Å². The highest BCUT2D eigenvalue weighted by Gasteiger charge is 2.44. The molecule has 0 radical (unpaired) electrons. The van der Waals surface area contributed by atoms with Crippen molar-refractivity contribution in [1.29, 1.82) is 0 Å². The Morgan fingerprint density at radius 3 is 2.25 bits per heavy atom. The van der Waals surface area contributed by atoms with Crippen LogP contribution in [-0.2, 0) is 39.9 Å². The van der Waals surface area contributed by atoms with Gasteiger partial charge in [0.05, 0.1) is 35.0 Å². The van der Waals surface area contributed by atoms with Gasteiger partial charge in [-0.05, 0) is 79.8 Å². The molecule has 0 unspecified atom stereocenters. The monoisotopic (exact) mass is 1030 g/mol. The Kier molecular flexibility index (Phi) is 21.8. The van der Waals surface area contributed by atoms with Crippen molar-refractivity contribution in [2.45, 2.75) is 104 Å². The van der Waals surface area contributed by atoms with Crippen molar-refractivity contribution in [3.8, 4) is 16.2 Å². The van der Waals surface area contributed by atoms with E-state index in [-0.39, 0.29) is 43.8 Å². The van der Waals surface area contributed by atoms with Crippen molar-refractivity contribution in [1.82, 2.24) is 35.4 Å². The number of halogens is 1. The molecule has 18 nitrogen and oxygen atoms in total. The van der Waals surface area contributed by atoms with Gasteiger partial charge in [0.15, 0.2) is 5.82 Å². The second-order valence-electron chi connectivity index (χ2n) is 19.3. The third-order valence-electron chi connectivity index (χ3n) is 12.5. The number of anilines is 3. The fourth-order valence-corrected chi connectivity index (χ4v) is 9.08. The number of likely N-dealkylation sites (N-methyl/N-ethyl adjacent to an activating group) is 1. The smallest absolute Gasteiger partial charge is 0.246 e. The van der Waals surface area contributed by atoms with Gasteiger partial charge in [0.2, 0.25) is 29.6 Å². The number of aromatic nitrogens is 3. The summed E-state index contributed by atoms with van der Waals surface area (Å²) in [7, 11) is 1.83. The predicted octanol–water partition coefficient (Wildman–Crippen LogP) is 6.77. The average molecular weight is 1030 g/mol. The highest BCUT2D eigenvalue weighted by molar-refractivity contribution is 7.13. The molecule has 5 N–H and O–H groups in total. The zero-order valence-electron chi connectivity index (χ0n) is 42.3. The molecule has 2 fully saturated rings. The van der Waals surface area contributed by atoms with Crippen LogP contribution in [0.15, 0.2) is 60.2 Å². The number of hydrogen-bond acceptors (Lipinski definition) is 15. The van der Waals surface area contributed by atoms with E-state index in [1.165, 1.54) is 11.1 Å². The molecule has 3 heterocycles. The van der Waals surface area contributed by atoms with Crippen LogP contribution >= 0.6 is 22.9 Å². The Morgan fingerprint density at radius 2 is 1.60 bits per heavy atom. The van der Waals surface area contributed by atoms with E-state index in [1.54, 1.807) is 16.2 Å². The van der Waals surface area contributed by atoms with Gasteiger partial charge < -0.3 is 55.1 Å². The highest BCUT2D eigenvalue weighted by Crippen LogP contribution is 2.30. The Morgan fingerprint density at radius 1 is 0.917 bits per heavy atom. The third-order valence-corrected chi connectivity index (χ3v) is 13.7. The number of unbranched alkanes of at least 4 members (excludes halogenated alkanes) is 1. The molecule has 6 rings (SSSR count). The minimum Gasteiger partial charge on any atom is -0.494 e. The highest BCUT2D eigenvalue weighted by atomic mass is 35.5. The number of rotatable bonds is 29. The van der Waals surface area contributed by atoms with Gasteiger partial charge in [0.25, 0.3) is 0 Å². The standard InChI is InChI=1S/C52H72ClN9O9S/c1-35-45(72-34-57-35)37-15-13-36(14-16-37)30-55-48(65)43-29-40(63)32-62(43)50(67)46(52(2,3)4)59-44(64)33-70-27-9-25-68-23-6-7-24-69-26-10-28-71-41-19-17-39(18-20-41)58-51-56-31-42(53)47(60-51)54-21-22-61(5)49(66)38-11-8-12-38/h13-20,31,34,38,40,43,46,63H,6-12,21-30,32-33H2,1-5H3,(H,55,65)(H,59,64)(H2,54,56,58,60)/t40-,43+,46-/m0/s1. The van der Waals surface area contributed by atoms with E-state index < -0.39 is 35.4 Å². The van der Waals surface area contributed by atoms with Crippen molar-refractivity contribution < 1.29 is 43.2 Å². The lowest BCUT2D eigenvalue weighted by Crippen LogP contribution is -2.58. The summed E-state index contributed by atoms with van der Waals surface area (Å²) in [5.41, 5.74) is 4.84. The number of nitrogens with zero attached hydrogens (tertiary/aromatic N) is 5. The number of carbonyl (C=O) groups is 4. The number of amides is 4. The maximum absolute atomic E-state index is 13.9. The molecular weight excluding hydrogens is 962 g/mol. The molecule has 20 heteroatoms. The number of aliphatic hydroxyl groups is 1. The first-order valence-electron chi connectivity index (χ1n) is 25.0. The van der Waals surface area contributed by atoms with E-state index in [1.807, 2.05) is 88.8 Å². The summed E-state index contributed by atoms with van der Waals surface area (Å²) in [5.74, 6) is 0.751. The van der Waals surface area contributed by atoms with Crippen LogP contribution in [0.25, 0.3) is 10.4 Å². The third kappa shape index (κ3) is 17.4. The van der Waals surface area contributed by atoms with Crippen LogP contribution in [-0.4, -0.2) is 145 Å². The molecule has 1 saturated carbocycles. The van der Waals surface area contributed by atoms with E-state index in [2.05, 4.69) is 36.2 Å². The number of aryl methyl sites for hydroxylation is 1. The number of hydrogen-bond donors (Lipinski definition) is 5. The van der Waals surface area contributed by atoms with Crippen molar-refractivity contribution in [3.63, 3.8) is 0 Å². The number of likely N-dealkylation sites (tertiary alicyclic amines) is 1. The van der Waals surface area contributed by atoms with Crippen molar-refractivity contribution in [2.24, 2.45) is 11.3 Å². The first-order valence-corrected chi connectivity index (χ1v) is 26.2. The van der Waals surface area contributed by atoms with Crippen LogP contribution in [0.1, 0.15) is 83.4 Å². The number of ether oxygens (including phenoxy) is 4. The Bertz CT molecular complexity index is 2350. The molecule has 3 atom stereocenters. The van der Waals surface area contributed by atoms with Gasteiger partial charge in [-0.15, -0.1) is 11.3 Å². The molecule has 2 aromatic carbocycles. The van der Waals surface area contributed by atoms with E-state index in [4.69, 9.17) is 30.5 Å². The summed E-state index contributed by atoms with van der Waals surface area (Å²) in [6.45, 7) is 11.7. The predicted molar refractivity (Wildman–Crippen MR) is 278 cm³/mol. The Hall–Kier alpha value is -5.44. The first kappa shape index (κ1) is 55.9. The van der Waals surface area contributed by atoms with Crippen molar-refractivity contribution in [2.75, 3.05) is 83.6 Å². The number of nitrogens with one attached hydrogen (secondary N) is 4. The molecule has 1 saturated heterocycles. The average Bonchev–Trinajstić information content (AvgIpc) is 3.96. The minimum absolute atomic E-state index is 0.00487. The molecule has 72 heavy (non-hydrogen) atoms. The summed E-state index contributed by atoms with van der Waals surface area (Å²) >= 11 is 7.90. The van der Waals surface area contributed by atoms with Crippen LogP contribution in [0, 0.1) is 18.3 Å². The summed E-state index contributed by atoms with van der Waals surface area (Å²) in [6.07, 6.45) is 6.91. The van der Waals surface area contributed by atoms with Gasteiger partial charge in [-0.25, -0.2) is 9.97 Å². The number of carbonyl (C=O) groups excluding carboxylic acids is 4. The fraction of sp³-hybridized carbons (Fsp3) is 0.558. The van der Waals surface area contributed by atoms with E-state index >= 15 is 0 Å². The molecule has 0 spiro atoms. The van der Waals surface area contributed by atoms with Crippen molar-refractivity contribution >= 4 is 64.0 Å². The van der Waals surface area contributed by atoms with Gasteiger partial charge in [-0.2, -0.15) is 4.98 Å². The van der Waals surface area contributed by atoms with Gasteiger partial charge in [-0.1, -0.05) is 63.1 Å². The zero-order chi connectivity index (χ0) is 51.5. The number of β-amino-alcohol motifs (C(OH)–C–C–N with tert-alkyl or cyclic N) is 1. The van der Waals surface area contributed by atoms with Gasteiger partial charge in [0, 0.05) is 90.7 Å². The van der Waals surface area contributed by atoms with E-state index in [0.717, 1.165) is 71.7 Å². The van der Waals surface area contributed by atoms with Gasteiger partial charge >= 0.3 is 0 Å². The molecular formula is C52H72ClN9O9S. The van der Waals surface area contributed by atoms with Gasteiger partial charge in [0.1, 0.15) is 29.5 Å². The molecule has 1 aliphatic heterocycles. The second-order valence-corrected chi connectivity index (χ2v) is 20.6. The lowest BCUT2D eigenvalue weighted by molar-refractivity contribution is -0.144.